The molecule has 6 nitrogen and oxygen atoms in total. The summed E-state index contributed by atoms with van der Waals surface area (Å²) in [4.78, 5) is 23.6. The minimum absolute atomic E-state index is 0.0139. The molecule has 0 bridgehead atoms. The SMILES string of the molecule is COC(=O)c1occc1COC(=O)c1cc(OC)ccc1Br. The Bertz CT molecular complexity index is 691. The van der Waals surface area contributed by atoms with Gasteiger partial charge in [0.2, 0.25) is 5.76 Å². The molecule has 0 radical (unpaired) electrons. The molecular weight excluding hydrogens is 356 g/mol. The fraction of sp³-hybridized carbons (Fsp3) is 0.200. The zero-order valence-electron chi connectivity index (χ0n) is 11.9. The van der Waals surface area contributed by atoms with E-state index in [1.54, 1.807) is 24.3 Å². The lowest BCUT2D eigenvalue weighted by atomic mass is 10.2. The maximum absolute atomic E-state index is 12.1. The number of halogens is 1. The molecule has 0 aliphatic heterocycles. The van der Waals surface area contributed by atoms with Gasteiger partial charge >= 0.3 is 11.9 Å². The predicted octanol–water partition coefficient (Wildman–Crippen LogP) is 3.19. The van der Waals surface area contributed by atoms with Gasteiger partial charge in [-0.2, -0.15) is 0 Å². The average molecular weight is 369 g/mol. The van der Waals surface area contributed by atoms with Crippen molar-refractivity contribution in [2.45, 2.75) is 6.61 Å². The van der Waals surface area contributed by atoms with Gasteiger partial charge in [0.15, 0.2) is 0 Å². The van der Waals surface area contributed by atoms with E-state index in [9.17, 15) is 9.59 Å². The number of rotatable bonds is 5. The highest BCUT2D eigenvalue weighted by Crippen LogP contribution is 2.24. The number of carbonyl (C=O) groups excluding carboxylic acids is 2. The van der Waals surface area contributed by atoms with E-state index >= 15 is 0 Å². The molecule has 0 spiro atoms. The molecule has 0 amide bonds. The molecule has 7 heteroatoms. The molecule has 1 aromatic heterocycles. The van der Waals surface area contributed by atoms with Gasteiger partial charge in [0.25, 0.3) is 0 Å². The lowest BCUT2D eigenvalue weighted by molar-refractivity contribution is 0.0452. The molecular formula is C15H13BrO6. The molecule has 0 aliphatic rings. The molecule has 0 atom stereocenters. The molecule has 2 aromatic rings. The van der Waals surface area contributed by atoms with Crippen LogP contribution in [0.15, 0.2) is 39.4 Å². The molecule has 0 N–H and O–H groups in total. The number of carbonyl (C=O) groups is 2. The van der Waals surface area contributed by atoms with Crippen LogP contribution in [0.4, 0.5) is 0 Å². The normalized spacial score (nSPS) is 10.1. The molecule has 22 heavy (non-hydrogen) atoms. The van der Waals surface area contributed by atoms with Crippen LogP contribution in [0.1, 0.15) is 26.5 Å². The molecule has 2 rings (SSSR count). The zero-order valence-corrected chi connectivity index (χ0v) is 13.5. The Kier molecular flexibility index (Phi) is 5.21. The summed E-state index contributed by atoms with van der Waals surface area (Å²) in [5.41, 5.74) is 0.752. The van der Waals surface area contributed by atoms with Crippen LogP contribution < -0.4 is 4.74 Å². The second kappa shape index (κ2) is 7.13. The summed E-state index contributed by atoms with van der Waals surface area (Å²) in [5, 5.41) is 0. The van der Waals surface area contributed by atoms with E-state index in [0.29, 0.717) is 21.3 Å². The van der Waals surface area contributed by atoms with Crippen LogP contribution in [0.3, 0.4) is 0 Å². The van der Waals surface area contributed by atoms with Gasteiger partial charge in [-0.25, -0.2) is 9.59 Å². The van der Waals surface area contributed by atoms with Gasteiger partial charge in [-0.15, -0.1) is 0 Å². The molecule has 0 aliphatic carbocycles. The van der Waals surface area contributed by atoms with E-state index in [-0.39, 0.29) is 12.4 Å². The highest BCUT2D eigenvalue weighted by molar-refractivity contribution is 9.10. The number of benzene rings is 1. The molecule has 1 aromatic carbocycles. The van der Waals surface area contributed by atoms with E-state index in [4.69, 9.17) is 13.9 Å². The fourth-order valence-corrected chi connectivity index (χ4v) is 2.14. The maximum atomic E-state index is 12.1. The molecule has 116 valence electrons. The Morgan fingerprint density at radius 2 is 1.95 bits per heavy atom. The summed E-state index contributed by atoms with van der Waals surface area (Å²) in [6.45, 7) is -0.108. The average Bonchev–Trinajstić information content (AvgIpc) is 3.00. The van der Waals surface area contributed by atoms with Crippen molar-refractivity contribution in [3.05, 3.63) is 51.9 Å². The first-order valence-electron chi connectivity index (χ1n) is 6.22. The van der Waals surface area contributed by atoms with Crippen LogP contribution in [0, 0.1) is 0 Å². The van der Waals surface area contributed by atoms with Crippen molar-refractivity contribution in [2.75, 3.05) is 14.2 Å². The first-order chi connectivity index (χ1) is 10.6. The lowest BCUT2D eigenvalue weighted by Crippen LogP contribution is -2.09. The second-order valence-electron chi connectivity index (χ2n) is 4.19. The van der Waals surface area contributed by atoms with Crippen LogP contribution in [0.25, 0.3) is 0 Å². The van der Waals surface area contributed by atoms with Crippen LogP contribution >= 0.6 is 15.9 Å². The van der Waals surface area contributed by atoms with Gasteiger partial charge in [-0.05, 0) is 40.2 Å². The number of esters is 2. The molecule has 0 fully saturated rings. The van der Waals surface area contributed by atoms with Gasteiger partial charge in [-0.3, -0.25) is 0 Å². The van der Waals surface area contributed by atoms with E-state index in [1.807, 2.05) is 0 Å². The summed E-state index contributed by atoms with van der Waals surface area (Å²) >= 11 is 3.28. The van der Waals surface area contributed by atoms with Crippen molar-refractivity contribution in [2.24, 2.45) is 0 Å². The molecule has 1 heterocycles. The molecule has 0 unspecified atom stereocenters. The predicted molar refractivity (Wildman–Crippen MR) is 79.9 cm³/mol. The standard InChI is InChI=1S/C15H13BrO6/c1-19-10-3-4-12(16)11(7-10)14(17)22-8-9-5-6-21-13(9)15(18)20-2/h3-7H,8H2,1-2H3. The van der Waals surface area contributed by atoms with E-state index < -0.39 is 11.9 Å². The first-order valence-corrected chi connectivity index (χ1v) is 7.01. The van der Waals surface area contributed by atoms with E-state index in [2.05, 4.69) is 20.7 Å². The van der Waals surface area contributed by atoms with Crippen LogP contribution in [0.5, 0.6) is 5.75 Å². The summed E-state index contributed by atoms with van der Waals surface area (Å²) in [6.07, 6.45) is 1.33. The Balaban J connectivity index is 2.11. The van der Waals surface area contributed by atoms with E-state index in [1.165, 1.54) is 20.5 Å². The van der Waals surface area contributed by atoms with Crippen molar-refractivity contribution in [1.82, 2.24) is 0 Å². The van der Waals surface area contributed by atoms with Crippen LogP contribution in [-0.2, 0) is 16.1 Å². The summed E-state index contributed by atoms with van der Waals surface area (Å²) < 4.78 is 20.4. The lowest BCUT2D eigenvalue weighted by Gasteiger charge is -2.08. The third-order valence-electron chi connectivity index (χ3n) is 2.87. The number of hydrogen-bond acceptors (Lipinski definition) is 6. The van der Waals surface area contributed by atoms with Gasteiger partial charge in [0.1, 0.15) is 12.4 Å². The summed E-state index contributed by atoms with van der Waals surface area (Å²) in [5.74, 6) is -0.630. The minimum Gasteiger partial charge on any atom is -0.497 e. The van der Waals surface area contributed by atoms with Crippen LogP contribution in [0.2, 0.25) is 0 Å². The Hall–Kier alpha value is -2.28. The van der Waals surface area contributed by atoms with Gasteiger partial charge in [-0.1, -0.05) is 0 Å². The Labute approximate surface area is 135 Å². The summed E-state index contributed by atoms with van der Waals surface area (Å²) in [6, 6.07) is 6.50. The highest BCUT2D eigenvalue weighted by Gasteiger charge is 2.18. The third kappa shape index (κ3) is 3.48. The Morgan fingerprint density at radius 3 is 2.64 bits per heavy atom. The molecule has 0 saturated carbocycles. The van der Waals surface area contributed by atoms with Crippen molar-refractivity contribution < 1.29 is 28.2 Å². The monoisotopic (exact) mass is 368 g/mol. The second-order valence-corrected chi connectivity index (χ2v) is 5.04. The summed E-state index contributed by atoms with van der Waals surface area (Å²) in [7, 11) is 2.75. The zero-order chi connectivity index (χ0) is 16.1. The fourth-order valence-electron chi connectivity index (χ4n) is 1.73. The van der Waals surface area contributed by atoms with Gasteiger partial charge in [0, 0.05) is 10.0 Å². The van der Waals surface area contributed by atoms with Gasteiger partial charge < -0.3 is 18.6 Å². The topological polar surface area (TPSA) is 75.0 Å². The van der Waals surface area contributed by atoms with Crippen molar-refractivity contribution >= 4 is 27.9 Å². The van der Waals surface area contributed by atoms with Crippen molar-refractivity contribution in [3.63, 3.8) is 0 Å². The quantitative estimate of drug-likeness (QED) is 0.754. The highest BCUT2D eigenvalue weighted by atomic mass is 79.9. The maximum Gasteiger partial charge on any atom is 0.374 e. The largest absolute Gasteiger partial charge is 0.497 e. The Morgan fingerprint density at radius 1 is 1.18 bits per heavy atom. The van der Waals surface area contributed by atoms with E-state index in [0.717, 1.165) is 0 Å². The minimum atomic E-state index is -0.626. The number of ether oxygens (including phenoxy) is 3. The van der Waals surface area contributed by atoms with Crippen molar-refractivity contribution in [3.8, 4) is 5.75 Å². The number of furan rings is 1. The number of hydrogen-bond donors (Lipinski definition) is 0. The van der Waals surface area contributed by atoms with Gasteiger partial charge in [0.05, 0.1) is 26.0 Å². The van der Waals surface area contributed by atoms with Crippen LogP contribution in [-0.4, -0.2) is 26.2 Å². The first kappa shape index (κ1) is 16.1. The number of methoxy groups -OCH3 is 2. The molecule has 0 saturated heterocycles. The smallest absolute Gasteiger partial charge is 0.374 e. The third-order valence-corrected chi connectivity index (χ3v) is 3.56. The van der Waals surface area contributed by atoms with Crippen molar-refractivity contribution in [1.29, 1.82) is 0 Å².